The molecule has 14 heteroatoms. The molecule has 0 aliphatic carbocycles. The summed E-state index contributed by atoms with van der Waals surface area (Å²) >= 11 is 0. The molecule has 2 saturated heterocycles. The number of ketones is 1. The predicted octanol–water partition coefficient (Wildman–Crippen LogP) is 11.0. The molecule has 5 heterocycles. The van der Waals surface area contributed by atoms with Crippen molar-refractivity contribution in [3.05, 3.63) is 77.7 Å². The fraction of sp³-hybridized carbons (Fsp3) is 0.552. The molecule has 0 bridgehead atoms. The van der Waals surface area contributed by atoms with E-state index < -0.39 is 0 Å². The molecule has 2 amide bonds. The summed E-state index contributed by atoms with van der Waals surface area (Å²) in [5.74, 6) is 5.90. The predicted molar refractivity (Wildman–Crippen MR) is 304 cm³/mol. The molecule has 0 saturated carbocycles. The molecule has 3 aliphatic rings. The molecule has 0 radical (unpaired) electrons. The largest absolute Gasteiger partial charge is 0.474 e. The highest BCUT2D eigenvalue weighted by Gasteiger charge is 2.36. The van der Waals surface area contributed by atoms with Crippen LogP contribution >= 0.6 is 0 Å². The molecular formula is C58H90N10O4. The van der Waals surface area contributed by atoms with Gasteiger partial charge in [-0.05, 0) is 68.2 Å². The lowest BCUT2D eigenvalue weighted by Crippen LogP contribution is -2.49. The summed E-state index contributed by atoms with van der Waals surface area (Å²) in [6.45, 7) is 37.3. The van der Waals surface area contributed by atoms with Crippen molar-refractivity contribution in [1.29, 1.82) is 0 Å². The molecule has 14 nitrogen and oxygen atoms in total. The quantitative estimate of drug-likeness (QED) is 0.0564. The maximum Gasteiger partial charge on any atom is 0.237 e. The van der Waals surface area contributed by atoms with Crippen molar-refractivity contribution in [2.45, 2.75) is 128 Å². The fourth-order valence-electron chi connectivity index (χ4n) is 8.72. The van der Waals surface area contributed by atoms with Gasteiger partial charge in [0.1, 0.15) is 24.7 Å². The van der Waals surface area contributed by atoms with Gasteiger partial charge < -0.3 is 30.1 Å². The van der Waals surface area contributed by atoms with Gasteiger partial charge in [-0.15, -0.1) is 12.3 Å². The molecule has 2 aromatic heterocycles. The van der Waals surface area contributed by atoms with Crippen molar-refractivity contribution in [3.63, 3.8) is 0 Å². The van der Waals surface area contributed by atoms with Crippen molar-refractivity contribution < 1.29 is 19.1 Å². The second kappa shape index (κ2) is 33.3. The number of aliphatic imine (C=N–C) groups is 1. The Hall–Kier alpha value is -6.36. The third-order valence-corrected chi connectivity index (χ3v) is 13.1. The van der Waals surface area contributed by atoms with Crippen LogP contribution in [0.5, 0.6) is 5.88 Å². The van der Waals surface area contributed by atoms with Crippen molar-refractivity contribution in [1.82, 2.24) is 25.0 Å². The van der Waals surface area contributed by atoms with Crippen LogP contribution in [0, 0.1) is 37.0 Å². The van der Waals surface area contributed by atoms with Gasteiger partial charge in [-0.3, -0.25) is 29.4 Å². The Labute approximate surface area is 434 Å². The molecule has 1 aromatic carbocycles. The minimum atomic E-state index is -0.308. The lowest BCUT2D eigenvalue weighted by Gasteiger charge is -2.46. The zero-order valence-corrected chi connectivity index (χ0v) is 46.4. The number of piperidine rings is 1. The second-order valence-corrected chi connectivity index (χ2v) is 18.0. The van der Waals surface area contributed by atoms with Gasteiger partial charge in [0.15, 0.2) is 5.82 Å². The molecule has 0 spiro atoms. The summed E-state index contributed by atoms with van der Waals surface area (Å²) in [6, 6.07) is 7.97. The van der Waals surface area contributed by atoms with E-state index in [1.54, 1.807) is 13.0 Å². The van der Waals surface area contributed by atoms with E-state index in [1.807, 2.05) is 88.8 Å². The first-order chi connectivity index (χ1) is 34.7. The van der Waals surface area contributed by atoms with Crippen molar-refractivity contribution >= 4 is 58.5 Å². The number of allylic oxidation sites excluding steroid dienone is 1. The van der Waals surface area contributed by atoms with E-state index in [-0.39, 0.29) is 18.1 Å². The van der Waals surface area contributed by atoms with Gasteiger partial charge in [0, 0.05) is 82.9 Å². The van der Waals surface area contributed by atoms with E-state index in [0.29, 0.717) is 50.4 Å². The zero-order valence-electron chi connectivity index (χ0n) is 46.4. The van der Waals surface area contributed by atoms with Crippen LogP contribution in [-0.2, 0) is 27.9 Å². The molecule has 3 N–H and O–H groups in total. The summed E-state index contributed by atoms with van der Waals surface area (Å²) in [5, 5.41) is 13.6. The van der Waals surface area contributed by atoms with Crippen LogP contribution in [0.2, 0.25) is 0 Å². The third-order valence-electron chi connectivity index (χ3n) is 13.1. The highest BCUT2D eigenvalue weighted by Crippen LogP contribution is 2.38. The number of hydrogen-bond donors (Lipinski definition) is 3. The molecule has 72 heavy (non-hydrogen) atoms. The summed E-state index contributed by atoms with van der Waals surface area (Å²) in [7, 11) is 3.80. The first-order valence-corrected chi connectivity index (χ1v) is 26.3. The number of benzene rings is 1. The molecule has 3 aromatic rings. The van der Waals surface area contributed by atoms with Crippen molar-refractivity contribution in [2.75, 3.05) is 80.0 Å². The number of ether oxygens (including phenoxy) is 1. The van der Waals surface area contributed by atoms with Gasteiger partial charge in [0.05, 0.1) is 35.5 Å². The van der Waals surface area contributed by atoms with E-state index in [0.717, 1.165) is 103 Å². The number of pyridine rings is 1. The maximum absolute atomic E-state index is 11.6. The van der Waals surface area contributed by atoms with E-state index in [9.17, 15) is 14.4 Å². The Morgan fingerprint density at radius 2 is 1.81 bits per heavy atom. The summed E-state index contributed by atoms with van der Waals surface area (Å²) in [6.07, 6.45) is 18.8. The summed E-state index contributed by atoms with van der Waals surface area (Å²) in [5.41, 5.74) is 10.6. The topological polar surface area (TPSA) is 149 Å². The average molecular weight is 991 g/mol. The van der Waals surface area contributed by atoms with Crippen LogP contribution in [0.25, 0.3) is 11.8 Å². The van der Waals surface area contributed by atoms with Crippen LogP contribution in [0.3, 0.4) is 0 Å². The fourth-order valence-corrected chi connectivity index (χ4v) is 8.72. The first-order valence-electron chi connectivity index (χ1n) is 26.3. The van der Waals surface area contributed by atoms with Crippen LogP contribution in [-0.4, -0.2) is 103 Å². The standard InChI is InChI=1S/C25H31N5O2.C25H41N5O2.C4H6.2C2H6/c1-4-20-9-11-30(23-14-27-25-24(18(23)3)26-10-12-32-25)15-22(20)29-16-28-21-7-5-19(6-8-21)13-17(2)31;1-8-10-11-12-18(3)19(4)21-15-30(16-21)20(5)24-22(9-2)25(27-29(24)7)28(6)14-13-23(32)26-17-31;1-3-4-2;2*1-2/h4-8,14,26,28H,9-13,15-16H2,1-3H3;9,17-19,21H,2,5,8,10-16H2,1,3-4,6-7H3,(H,26,31,32);1H,4H2,2H3;2*1-2H3/b20-4-,29-22-;;;;. The Bertz CT molecular complexity index is 2270. The van der Waals surface area contributed by atoms with E-state index in [4.69, 9.17) is 16.2 Å². The lowest BCUT2D eigenvalue weighted by molar-refractivity contribution is -0.125. The molecular weight excluding hydrogens is 901 g/mol. The number of terminal acetylenes is 1. The summed E-state index contributed by atoms with van der Waals surface area (Å²) in [4.78, 5) is 49.3. The number of amides is 2. The normalized spacial score (nSPS) is 15.4. The van der Waals surface area contributed by atoms with E-state index >= 15 is 0 Å². The number of carbonyl (C=O) groups excluding carboxylic acids is 3. The number of anilines is 4. The van der Waals surface area contributed by atoms with Gasteiger partial charge in [-0.25, -0.2) is 4.98 Å². The minimum absolute atomic E-state index is 0.172. The number of imide groups is 1. The molecule has 2 fully saturated rings. The average Bonchev–Trinajstić information content (AvgIpc) is 3.73. The number of fused-ring (bicyclic) bond motifs is 1. The molecule has 3 aliphatic heterocycles. The summed E-state index contributed by atoms with van der Waals surface area (Å²) < 4.78 is 7.52. The highest BCUT2D eigenvalue weighted by molar-refractivity contribution is 6.04. The molecule has 6 rings (SSSR count). The maximum atomic E-state index is 11.6. The smallest absolute Gasteiger partial charge is 0.237 e. The van der Waals surface area contributed by atoms with E-state index in [1.165, 1.54) is 36.8 Å². The number of likely N-dealkylation sites (tertiary alicyclic amines) is 1. The van der Waals surface area contributed by atoms with Crippen molar-refractivity contribution in [3.8, 4) is 18.2 Å². The monoisotopic (exact) mass is 991 g/mol. The molecule has 396 valence electrons. The Balaban J connectivity index is 0.000000431. The van der Waals surface area contributed by atoms with Crippen LogP contribution in [0.4, 0.5) is 22.9 Å². The molecule has 2 atom stereocenters. The molecule has 2 unspecified atom stereocenters. The minimum Gasteiger partial charge on any atom is -0.474 e. The van der Waals surface area contributed by atoms with Gasteiger partial charge >= 0.3 is 0 Å². The third kappa shape index (κ3) is 18.4. The van der Waals surface area contributed by atoms with Crippen LogP contribution in [0.1, 0.15) is 137 Å². The van der Waals surface area contributed by atoms with Crippen molar-refractivity contribution in [2.24, 2.45) is 29.8 Å². The van der Waals surface area contributed by atoms with E-state index in [2.05, 4.69) is 95.6 Å². The zero-order chi connectivity index (χ0) is 53.8. The number of aromatic nitrogens is 3. The second-order valence-electron chi connectivity index (χ2n) is 18.0. The Morgan fingerprint density at radius 3 is 2.40 bits per heavy atom. The number of nitrogens with zero attached hydrogens (tertiary/aromatic N) is 7. The van der Waals surface area contributed by atoms with Gasteiger partial charge in [-0.2, -0.15) is 5.10 Å². The first kappa shape index (κ1) is 61.8. The number of nitrogens with one attached hydrogen (secondary N) is 3. The number of carbonyl (C=O) groups is 3. The number of unbranched alkanes of at least 4 members (excludes halogenated alkanes) is 2. The number of aryl methyl sites for hydroxylation is 1. The number of Topliss-reactive ketones (excluding diaryl/α,β-unsaturated/α-hetero) is 1. The number of rotatable bonds is 20. The highest BCUT2D eigenvalue weighted by atomic mass is 16.5. The van der Waals surface area contributed by atoms with Gasteiger partial charge in [-0.1, -0.05) is 119 Å². The Kier molecular flexibility index (Phi) is 28.6. The lowest BCUT2D eigenvalue weighted by atomic mass is 9.77. The Morgan fingerprint density at radius 1 is 1.12 bits per heavy atom. The SMILES string of the molecule is C#CCC.C/C=C1/CCN(c2cnc3c(c2C)NCCO3)C/C1=N/CNc1ccc(CC(C)=O)cc1.C=Cc1c(N(C)CCC(=O)NC=O)nn(C)c1C(=C)N1CC(C(C)C(C)CCCCC)C1.CC.CC. The van der Waals surface area contributed by atoms with Crippen LogP contribution < -0.4 is 30.5 Å². The van der Waals surface area contributed by atoms with Gasteiger partial charge in [0.25, 0.3) is 0 Å². The van der Waals surface area contributed by atoms with Gasteiger partial charge in [0.2, 0.25) is 18.2 Å². The number of hydrogen-bond acceptors (Lipinski definition) is 12. The van der Waals surface area contributed by atoms with Crippen LogP contribution in [0.15, 0.2) is 60.3 Å².